The Balaban J connectivity index is 1.79. The van der Waals surface area contributed by atoms with Gasteiger partial charge in [-0.05, 0) is 60.7 Å². The maximum atomic E-state index is 12.5. The molecule has 0 bridgehead atoms. The maximum Gasteiger partial charge on any atom is 0.255 e. The second kappa shape index (κ2) is 7.11. The molecule has 3 aromatic carbocycles. The Bertz CT molecular complexity index is 1340. The third kappa shape index (κ3) is 3.21. The monoisotopic (exact) mass is 363 g/mol. The Labute approximate surface area is 160 Å². The van der Waals surface area contributed by atoms with Gasteiger partial charge in [0.15, 0.2) is 0 Å². The minimum atomic E-state index is -0.182. The molecule has 0 aliphatic carbocycles. The summed E-state index contributed by atoms with van der Waals surface area (Å²) in [7, 11) is 0. The van der Waals surface area contributed by atoms with Gasteiger partial charge in [-0.2, -0.15) is 10.5 Å². The van der Waals surface area contributed by atoms with E-state index in [9.17, 15) is 4.79 Å². The fourth-order valence-electron chi connectivity index (χ4n) is 3.03. The molecule has 0 fully saturated rings. The van der Waals surface area contributed by atoms with Gasteiger partial charge < -0.3 is 4.74 Å². The molecule has 0 unspecified atom stereocenters. The normalized spacial score (nSPS) is 10.2. The van der Waals surface area contributed by atoms with Crippen LogP contribution in [0.25, 0.3) is 16.6 Å². The van der Waals surface area contributed by atoms with E-state index in [0.717, 1.165) is 5.39 Å². The highest BCUT2D eigenvalue weighted by Gasteiger charge is 2.08. The molecule has 0 aliphatic rings. The van der Waals surface area contributed by atoms with E-state index in [1.54, 1.807) is 71.3 Å². The molecule has 0 saturated heterocycles. The van der Waals surface area contributed by atoms with Crippen molar-refractivity contribution < 1.29 is 4.74 Å². The SMILES string of the molecule is N#Cc1cccc(Oc2ccc3c(ccc(=O)n3-c3cccc(C#N)c3)c2)c1. The number of ether oxygens (including phenoxy) is 1. The molecule has 0 amide bonds. The van der Waals surface area contributed by atoms with Gasteiger partial charge in [-0.3, -0.25) is 9.36 Å². The van der Waals surface area contributed by atoms with E-state index in [0.29, 0.717) is 33.8 Å². The largest absolute Gasteiger partial charge is 0.457 e. The molecule has 0 radical (unpaired) electrons. The van der Waals surface area contributed by atoms with Crippen molar-refractivity contribution in [2.45, 2.75) is 0 Å². The van der Waals surface area contributed by atoms with Crippen molar-refractivity contribution in [3.05, 3.63) is 100 Å². The van der Waals surface area contributed by atoms with Gasteiger partial charge >= 0.3 is 0 Å². The van der Waals surface area contributed by atoms with Crippen molar-refractivity contribution >= 4 is 10.9 Å². The zero-order chi connectivity index (χ0) is 19.5. The fourth-order valence-corrected chi connectivity index (χ4v) is 3.03. The number of nitrogens with zero attached hydrogens (tertiary/aromatic N) is 3. The van der Waals surface area contributed by atoms with E-state index >= 15 is 0 Å². The second-order valence-electron chi connectivity index (χ2n) is 6.13. The van der Waals surface area contributed by atoms with E-state index in [1.165, 1.54) is 6.07 Å². The topological polar surface area (TPSA) is 78.8 Å². The predicted octanol–water partition coefficient (Wildman–Crippen LogP) is 4.53. The Morgan fingerprint density at radius 1 is 0.750 bits per heavy atom. The highest BCUT2D eigenvalue weighted by molar-refractivity contribution is 5.82. The number of hydrogen-bond donors (Lipinski definition) is 0. The summed E-state index contributed by atoms with van der Waals surface area (Å²) in [5.41, 5.74) is 2.16. The lowest BCUT2D eigenvalue weighted by atomic mass is 10.1. The van der Waals surface area contributed by atoms with Gasteiger partial charge in [-0.25, -0.2) is 0 Å². The molecule has 1 heterocycles. The zero-order valence-corrected chi connectivity index (χ0v) is 14.7. The predicted molar refractivity (Wildman–Crippen MR) is 105 cm³/mol. The van der Waals surface area contributed by atoms with Crippen LogP contribution in [0.2, 0.25) is 0 Å². The Morgan fingerprint density at radius 2 is 1.46 bits per heavy atom. The van der Waals surface area contributed by atoms with Gasteiger partial charge in [-0.1, -0.05) is 12.1 Å². The van der Waals surface area contributed by atoms with Crippen LogP contribution in [-0.2, 0) is 0 Å². The van der Waals surface area contributed by atoms with Crippen LogP contribution in [0.5, 0.6) is 11.5 Å². The molecule has 5 heteroatoms. The van der Waals surface area contributed by atoms with Gasteiger partial charge in [0.2, 0.25) is 0 Å². The number of nitriles is 2. The van der Waals surface area contributed by atoms with Gasteiger partial charge in [0.05, 0.1) is 34.5 Å². The van der Waals surface area contributed by atoms with Gasteiger partial charge in [0, 0.05) is 11.5 Å². The molecule has 0 atom stereocenters. The van der Waals surface area contributed by atoms with Crippen LogP contribution in [-0.4, -0.2) is 4.57 Å². The summed E-state index contributed by atoms with van der Waals surface area (Å²) in [4.78, 5) is 12.5. The molecular formula is C23H13N3O2. The lowest BCUT2D eigenvalue weighted by Gasteiger charge is -2.12. The molecule has 4 rings (SSSR count). The van der Waals surface area contributed by atoms with Gasteiger partial charge in [-0.15, -0.1) is 0 Å². The lowest BCUT2D eigenvalue weighted by molar-refractivity contribution is 0.483. The van der Waals surface area contributed by atoms with E-state index in [4.69, 9.17) is 15.3 Å². The lowest BCUT2D eigenvalue weighted by Crippen LogP contribution is -2.17. The fraction of sp³-hybridized carbons (Fsp3) is 0. The van der Waals surface area contributed by atoms with Crippen LogP contribution in [0.3, 0.4) is 0 Å². The molecule has 0 saturated carbocycles. The minimum Gasteiger partial charge on any atom is -0.457 e. The molecule has 5 nitrogen and oxygen atoms in total. The van der Waals surface area contributed by atoms with Crippen LogP contribution in [0.4, 0.5) is 0 Å². The van der Waals surface area contributed by atoms with E-state index in [1.807, 2.05) is 6.07 Å². The molecule has 0 spiro atoms. The summed E-state index contributed by atoms with van der Waals surface area (Å²) in [5.74, 6) is 1.16. The first kappa shape index (κ1) is 17.1. The van der Waals surface area contributed by atoms with Crippen molar-refractivity contribution in [3.8, 4) is 29.3 Å². The second-order valence-corrected chi connectivity index (χ2v) is 6.13. The summed E-state index contributed by atoms with van der Waals surface area (Å²) in [6.07, 6.45) is 0. The Morgan fingerprint density at radius 3 is 2.25 bits per heavy atom. The zero-order valence-electron chi connectivity index (χ0n) is 14.7. The van der Waals surface area contributed by atoms with Crippen molar-refractivity contribution in [1.82, 2.24) is 4.57 Å². The molecule has 0 aliphatic heterocycles. The van der Waals surface area contributed by atoms with E-state index in [-0.39, 0.29) is 5.56 Å². The molecule has 4 aromatic rings. The Hall–Kier alpha value is -4.35. The summed E-state index contributed by atoms with van der Waals surface area (Å²) in [5, 5.41) is 19.0. The average molecular weight is 363 g/mol. The highest BCUT2D eigenvalue weighted by atomic mass is 16.5. The summed E-state index contributed by atoms with van der Waals surface area (Å²) in [6, 6.07) is 26.6. The number of benzene rings is 3. The van der Waals surface area contributed by atoms with Crippen LogP contribution < -0.4 is 10.3 Å². The number of aromatic nitrogens is 1. The van der Waals surface area contributed by atoms with Crippen LogP contribution >= 0.6 is 0 Å². The first-order chi connectivity index (χ1) is 13.7. The Kier molecular flexibility index (Phi) is 4.34. The van der Waals surface area contributed by atoms with Crippen molar-refractivity contribution in [3.63, 3.8) is 0 Å². The molecule has 28 heavy (non-hydrogen) atoms. The van der Waals surface area contributed by atoms with Crippen LogP contribution in [0, 0.1) is 22.7 Å². The number of hydrogen-bond acceptors (Lipinski definition) is 4. The molecule has 132 valence electrons. The van der Waals surface area contributed by atoms with Gasteiger partial charge in [0.25, 0.3) is 5.56 Å². The molecule has 1 aromatic heterocycles. The van der Waals surface area contributed by atoms with E-state index < -0.39 is 0 Å². The summed E-state index contributed by atoms with van der Waals surface area (Å²) >= 11 is 0. The van der Waals surface area contributed by atoms with Gasteiger partial charge in [0.1, 0.15) is 11.5 Å². The summed E-state index contributed by atoms with van der Waals surface area (Å²) in [6.45, 7) is 0. The highest BCUT2D eigenvalue weighted by Crippen LogP contribution is 2.26. The van der Waals surface area contributed by atoms with Crippen LogP contribution in [0.15, 0.2) is 83.7 Å². The number of fused-ring (bicyclic) bond motifs is 1. The third-order valence-electron chi connectivity index (χ3n) is 4.30. The molecular weight excluding hydrogens is 350 g/mol. The quantitative estimate of drug-likeness (QED) is 0.536. The van der Waals surface area contributed by atoms with Crippen molar-refractivity contribution in [1.29, 1.82) is 10.5 Å². The first-order valence-corrected chi connectivity index (χ1v) is 8.52. The van der Waals surface area contributed by atoms with Crippen LogP contribution in [0.1, 0.15) is 11.1 Å². The third-order valence-corrected chi connectivity index (χ3v) is 4.30. The minimum absolute atomic E-state index is 0.182. The standard InChI is InChI=1S/C23H13N3O2/c24-14-16-3-1-5-19(11-16)26-22-9-8-21(13-18(22)7-10-23(26)27)28-20-6-2-4-17(12-20)15-25/h1-13H. The summed E-state index contributed by atoms with van der Waals surface area (Å²) < 4.78 is 7.43. The smallest absolute Gasteiger partial charge is 0.255 e. The average Bonchev–Trinajstić information content (AvgIpc) is 2.74. The van der Waals surface area contributed by atoms with Crippen molar-refractivity contribution in [2.24, 2.45) is 0 Å². The number of rotatable bonds is 3. The van der Waals surface area contributed by atoms with Crippen molar-refractivity contribution in [2.75, 3.05) is 0 Å². The molecule has 0 N–H and O–H groups in total. The number of pyridine rings is 1. The van der Waals surface area contributed by atoms with E-state index in [2.05, 4.69) is 12.1 Å². The maximum absolute atomic E-state index is 12.5. The first-order valence-electron chi connectivity index (χ1n) is 8.52.